The lowest BCUT2D eigenvalue weighted by molar-refractivity contribution is -0.132. The molecular weight excluding hydrogens is 413 g/mol. The van der Waals surface area contributed by atoms with Gasteiger partial charge in [-0.2, -0.15) is 0 Å². The Morgan fingerprint density at radius 1 is 1.17 bits per heavy atom. The summed E-state index contributed by atoms with van der Waals surface area (Å²) < 4.78 is 24.0. The molecule has 1 amide bonds. The number of ether oxygens (including phenoxy) is 1. The van der Waals surface area contributed by atoms with Crippen LogP contribution in [-0.2, 0) is 9.59 Å². The van der Waals surface area contributed by atoms with Gasteiger partial charge in [-0.25, -0.2) is 4.39 Å². The first-order valence-corrected chi connectivity index (χ1v) is 9.24. The number of benzene rings is 2. The summed E-state index contributed by atoms with van der Waals surface area (Å²) in [5, 5.41) is 11.3. The largest absolute Gasteiger partial charge is 0.507 e. The van der Waals surface area contributed by atoms with Gasteiger partial charge in [0.15, 0.2) is 0 Å². The third-order valence-corrected chi connectivity index (χ3v) is 5.10. The second kappa shape index (κ2) is 7.68. The summed E-state index contributed by atoms with van der Waals surface area (Å²) in [6.45, 7) is 0. The van der Waals surface area contributed by atoms with Crippen LogP contribution in [0.1, 0.15) is 17.4 Å². The van der Waals surface area contributed by atoms with Crippen LogP contribution in [0.15, 0.2) is 70.9 Å². The van der Waals surface area contributed by atoms with Gasteiger partial charge in [0.25, 0.3) is 11.7 Å². The van der Waals surface area contributed by atoms with Gasteiger partial charge in [-0.1, -0.05) is 11.6 Å². The Kier molecular flexibility index (Phi) is 5.05. The fraction of sp³-hybridized carbons (Fsp3) is 0.0909. The van der Waals surface area contributed by atoms with Crippen molar-refractivity contribution in [3.05, 3.63) is 88.6 Å². The van der Waals surface area contributed by atoms with Crippen LogP contribution >= 0.6 is 11.6 Å². The number of halogens is 2. The Morgan fingerprint density at radius 2 is 1.90 bits per heavy atom. The molecule has 0 bridgehead atoms. The average molecular weight is 428 g/mol. The van der Waals surface area contributed by atoms with Crippen molar-refractivity contribution >= 4 is 34.7 Å². The number of hydrogen-bond acceptors (Lipinski definition) is 5. The highest BCUT2D eigenvalue weighted by Gasteiger charge is 2.48. The molecule has 4 rings (SSSR count). The highest BCUT2D eigenvalue weighted by Crippen LogP contribution is 2.42. The first kappa shape index (κ1) is 19.7. The minimum Gasteiger partial charge on any atom is -0.507 e. The normalized spacial score (nSPS) is 18.1. The molecule has 1 atom stereocenters. The first-order valence-electron chi connectivity index (χ1n) is 8.86. The Bertz CT molecular complexity index is 1150. The van der Waals surface area contributed by atoms with E-state index in [0.717, 1.165) is 0 Å². The van der Waals surface area contributed by atoms with Crippen LogP contribution in [0.2, 0.25) is 5.02 Å². The van der Waals surface area contributed by atoms with E-state index < -0.39 is 29.3 Å². The maximum absolute atomic E-state index is 13.4. The highest BCUT2D eigenvalue weighted by atomic mass is 35.5. The summed E-state index contributed by atoms with van der Waals surface area (Å²) in [5.74, 6) is -2.10. The number of hydrogen-bond donors (Lipinski definition) is 1. The molecule has 1 aliphatic heterocycles. The number of carbonyl (C=O) groups excluding carboxylic acids is 2. The molecule has 2 aromatic carbocycles. The van der Waals surface area contributed by atoms with E-state index in [0.29, 0.717) is 10.8 Å². The van der Waals surface area contributed by atoms with Crippen molar-refractivity contribution < 1.29 is 28.2 Å². The van der Waals surface area contributed by atoms with Crippen molar-refractivity contribution in [1.82, 2.24) is 0 Å². The number of furan rings is 1. The zero-order valence-electron chi connectivity index (χ0n) is 15.6. The van der Waals surface area contributed by atoms with Crippen molar-refractivity contribution in [2.45, 2.75) is 6.04 Å². The molecule has 2 heterocycles. The number of ketones is 1. The summed E-state index contributed by atoms with van der Waals surface area (Å²) in [6, 6.07) is 11.7. The molecule has 0 spiro atoms. The van der Waals surface area contributed by atoms with E-state index in [-0.39, 0.29) is 22.6 Å². The van der Waals surface area contributed by atoms with Gasteiger partial charge in [0.2, 0.25) is 0 Å². The SMILES string of the molecule is COc1cc(/C(O)=C2/C(=O)C(=O)N(c3ccc(F)cc3)C2c2ccco2)ccc1Cl. The molecule has 1 unspecified atom stereocenters. The maximum atomic E-state index is 13.4. The van der Waals surface area contributed by atoms with Gasteiger partial charge in [-0.3, -0.25) is 14.5 Å². The number of aliphatic hydroxyl groups excluding tert-OH is 1. The molecule has 0 radical (unpaired) electrons. The number of aliphatic hydroxyl groups is 1. The zero-order valence-corrected chi connectivity index (χ0v) is 16.4. The van der Waals surface area contributed by atoms with Crippen LogP contribution in [0, 0.1) is 5.82 Å². The van der Waals surface area contributed by atoms with Crippen LogP contribution in [0.25, 0.3) is 5.76 Å². The van der Waals surface area contributed by atoms with Gasteiger partial charge in [-0.15, -0.1) is 0 Å². The van der Waals surface area contributed by atoms with Crippen molar-refractivity contribution in [2.75, 3.05) is 12.0 Å². The smallest absolute Gasteiger partial charge is 0.300 e. The number of anilines is 1. The lowest BCUT2D eigenvalue weighted by Gasteiger charge is -2.23. The van der Waals surface area contributed by atoms with Crippen molar-refractivity contribution in [3.8, 4) is 5.75 Å². The van der Waals surface area contributed by atoms with Gasteiger partial charge in [0.1, 0.15) is 29.1 Å². The third-order valence-electron chi connectivity index (χ3n) is 4.79. The summed E-state index contributed by atoms with van der Waals surface area (Å²) in [4.78, 5) is 27.0. The summed E-state index contributed by atoms with van der Waals surface area (Å²) in [5.41, 5.74) is 0.362. The van der Waals surface area contributed by atoms with E-state index in [1.807, 2.05) is 0 Å². The lowest BCUT2D eigenvalue weighted by Crippen LogP contribution is -2.29. The molecule has 30 heavy (non-hydrogen) atoms. The Balaban J connectivity index is 1.91. The van der Waals surface area contributed by atoms with Crippen LogP contribution in [0.3, 0.4) is 0 Å². The zero-order chi connectivity index (χ0) is 21.4. The monoisotopic (exact) mass is 427 g/mol. The fourth-order valence-electron chi connectivity index (χ4n) is 3.38. The van der Waals surface area contributed by atoms with Gasteiger partial charge in [0.05, 0.1) is 24.0 Å². The van der Waals surface area contributed by atoms with Gasteiger partial charge >= 0.3 is 0 Å². The minimum atomic E-state index is -1.04. The van der Waals surface area contributed by atoms with E-state index in [4.69, 9.17) is 20.8 Å². The number of rotatable bonds is 4. The van der Waals surface area contributed by atoms with E-state index in [1.54, 1.807) is 12.1 Å². The first-order chi connectivity index (χ1) is 14.4. The molecule has 1 N–H and O–H groups in total. The van der Waals surface area contributed by atoms with E-state index >= 15 is 0 Å². The number of Topliss-reactive ketones (excluding diaryl/α,β-unsaturated/α-hetero) is 1. The molecule has 1 fully saturated rings. The van der Waals surface area contributed by atoms with Crippen molar-refractivity contribution in [1.29, 1.82) is 0 Å². The third kappa shape index (κ3) is 3.23. The van der Waals surface area contributed by atoms with Gasteiger partial charge in [-0.05, 0) is 54.6 Å². The molecule has 1 aliphatic rings. The highest BCUT2D eigenvalue weighted by molar-refractivity contribution is 6.51. The molecule has 0 aliphatic carbocycles. The number of methoxy groups -OCH3 is 1. The standard InChI is InChI=1S/C22H15ClFNO5/c1-29-17-11-12(4-9-15(17)23)20(26)18-19(16-3-2-10-30-16)25(22(28)21(18)27)14-7-5-13(24)6-8-14/h2-11,19,26H,1H3/b20-18-. The van der Waals surface area contributed by atoms with Crippen LogP contribution in [-0.4, -0.2) is 23.9 Å². The summed E-state index contributed by atoms with van der Waals surface area (Å²) in [6.07, 6.45) is 1.39. The molecule has 3 aromatic rings. The minimum absolute atomic E-state index is 0.163. The quantitative estimate of drug-likeness (QED) is 0.370. The van der Waals surface area contributed by atoms with Crippen molar-refractivity contribution in [3.63, 3.8) is 0 Å². The van der Waals surface area contributed by atoms with Crippen molar-refractivity contribution in [2.24, 2.45) is 0 Å². The fourth-order valence-corrected chi connectivity index (χ4v) is 3.57. The molecule has 1 aromatic heterocycles. The number of amides is 1. The predicted molar refractivity (Wildman–Crippen MR) is 108 cm³/mol. The van der Waals surface area contributed by atoms with E-state index in [9.17, 15) is 19.1 Å². The molecule has 152 valence electrons. The number of nitrogens with zero attached hydrogens (tertiary/aromatic N) is 1. The number of carbonyl (C=O) groups is 2. The van der Waals surface area contributed by atoms with Crippen LogP contribution in [0.5, 0.6) is 5.75 Å². The Morgan fingerprint density at radius 3 is 2.53 bits per heavy atom. The predicted octanol–water partition coefficient (Wildman–Crippen LogP) is 4.71. The van der Waals surface area contributed by atoms with Crippen LogP contribution in [0.4, 0.5) is 10.1 Å². The second-order valence-corrected chi connectivity index (χ2v) is 6.92. The Hall–Kier alpha value is -3.58. The van der Waals surface area contributed by atoms with E-state index in [2.05, 4.69) is 0 Å². The summed E-state index contributed by atoms with van der Waals surface area (Å²) >= 11 is 6.04. The second-order valence-electron chi connectivity index (χ2n) is 6.51. The molecule has 6 nitrogen and oxygen atoms in total. The molecule has 1 saturated heterocycles. The average Bonchev–Trinajstić information content (AvgIpc) is 3.36. The topological polar surface area (TPSA) is 80.0 Å². The van der Waals surface area contributed by atoms with Gasteiger partial charge in [0, 0.05) is 11.3 Å². The van der Waals surface area contributed by atoms with E-state index in [1.165, 1.54) is 60.7 Å². The summed E-state index contributed by atoms with van der Waals surface area (Å²) in [7, 11) is 1.42. The molecule has 0 saturated carbocycles. The van der Waals surface area contributed by atoms with Gasteiger partial charge < -0.3 is 14.3 Å². The molecule has 8 heteroatoms. The molecular formula is C22H15ClFNO5. The van der Waals surface area contributed by atoms with Crippen LogP contribution < -0.4 is 9.64 Å². The Labute approximate surface area is 175 Å². The lowest BCUT2D eigenvalue weighted by atomic mass is 9.99. The maximum Gasteiger partial charge on any atom is 0.300 e.